The fourth-order valence-corrected chi connectivity index (χ4v) is 1.92. The van der Waals surface area contributed by atoms with Crippen LogP contribution in [0.25, 0.3) is 0 Å². The second-order valence-corrected chi connectivity index (χ2v) is 4.78. The number of benzene rings is 2. The van der Waals surface area contributed by atoms with Gasteiger partial charge in [-0.3, -0.25) is 4.79 Å². The molecule has 23 heavy (non-hydrogen) atoms. The first-order valence-corrected chi connectivity index (χ1v) is 7.22. The summed E-state index contributed by atoms with van der Waals surface area (Å²) < 4.78 is 5.33. The highest BCUT2D eigenvalue weighted by molar-refractivity contribution is 6.00. The largest absolute Gasteiger partial charge is 0.494 e. The minimum atomic E-state index is -0.291. The van der Waals surface area contributed by atoms with Crippen LogP contribution in [0.1, 0.15) is 35.3 Å². The predicted octanol–water partition coefficient (Wildman–Crippen LogP) is 3.11. The molecule has 0 radical (unpaired) electrons. The van der Waals surface area contributed by atoms with Gasteiger partial charge in [-0.15, -0.1) is 0 Å². The lowest BCUT2D eigenvalue weighted by Crippen LogP contribution is -2.19. The van der Waals surface area contributed by atoms with Gasteiger partial charge in [0.15, 0.2) is 0 Å². The monoisotopic (exact) mass is 307 g/mol. The third-order valence-corrected chi connectivity index (χ3v) is 3.18. The molecule has 1 amide bonds. The quantitative estimate of drug-likeness (QED) is 0.681. The van der Waals surface area contributed by atoms with E-state index >= 15 is 0 Å². The highest BCUT2D eigenvalue weighted by Crippen LogP contribution is 2.12. The lowest BCUT2D eigenvalue weighted by Gasteiger charge is -2.05. The Kier molecular flexibility index (Phi) is 5.48. The molecule has 0 aliphatic heterocycles. The van der Waals surface area contributed by atoms with Crippen LogP contribution in [0.2, 0.25) is 0 Å². The Bertz CT molecular complexity index is 741. The summed E-state index contributed by atoms with van der Waals surface area (Å²) >= 11 is 0. The van der Waals surface area contributed by atoms with Crippen LogP contribution in [-0.4, -0.2) is 18.2 Å². The van der Waals surface area contributed by atoms with E-state index in [9.17, 15) is 4.79 Å². The van der Waals surface area contributed by atoms with Gasteiger partial charge in [0, 0.05) is 5.56 Å². The average molecular weight is 307 g/mol. The van der Waals surface area contributed by atoms with E-state index in [-0.39, 0.29) is 5.91 Å². The molecular formula is C18H17N3O2. The van der Waals surface area contributed by atoms with Gasteiger partial charge in [-0.2, -0.15) is 10.4 Å². The fourth-order valence-electron chi connectivity index (χ4n) is 1.92. The summed E-state index contributed by atoms with van der Waals surface area (Å²) in [7, 11) is 0. The minimum absolute atomic E-state index is 0.291. The fraction of sp³-hybridized carbons (Fsp3) is 0.167. The number of nitrogens with zero attached hydrogens (tertiary/aromatic N) is 2. The van der Waals surface area contributed by atoms with Gasteiger partial charge in [-0.05, 0) is 55.8 Å². The molecule has 0 bridgehead atoms. The van der Waals surface area contributed by atoms with Gasteiger partial charge in [-0.25, -0.2) is 5.43 Å². The van der Waals surface area contributed by atoms with Crippen molar-refractivity contribution in [3.05, 3.63) is 65.2 Å². The van der Waals surface area contributed by atoms with Crippen LogP contribution in [0.3, 0.4) is 0 Å². The van der Waals surface area contributed by atoms with Crippen molar-refractivity contribution in [1.29, 1.82) is 5.26 Å². The van der Waals surface area contributed by atoms with Crippen molar-refractivity contribution >= 4 is 11.6 Å². The first-order chi connectivity index (χ1) is 11.1. The second kappa shape index (κ2) is 7.76. The van der Waals surface area contributed by atoms with Gasteiger partial charge in [0.1, 0.15) is 5.75 Å². The molecule has 116 valence electrons. The number of rotatable bonds is 5. The molecule has 0 saturated carbocycles. The molecular weight excluding hydrogens is 290 g/mol. The number of ether oxygens (including phenoxy) is 1. The molecule has 0 aliphatic rings. The Labute approximate surface area is 135 Å². The van der Waals surface area contributed by atoms with Crippen LogP contribution in [-0.2, 0) is 0 Å². The Hall–Kier alpha value is -3.13. The van der Waals surface area contributed by atoms with Crippen molar-refractivity contribution in [1.82, 2.24) is 5.43 Å². The summed E-state index contributed by atoms with van der Waals surface area (Å²) in [5.74, 6) is 0.433. The topological polar surface area (TPSA) is 74.5 Å². The number of amides is 1. The van der Waals surface area contributed by atoms with Crippen molar-refractivity contribution in [2.24, 2.45) is 5.10 Å². The van der Waals surface area contributed by atoms with Crippen molar-refractivity contribution in [3.8, 4) is 11.8 Å². The summed E-state index contributed by atoms with van der Waals surface area (Å²) in [4.78, 5) is 12.0. The van der Waals surface area contributed by atoms with Crippen LogP contribution >= 0.6 is 0 Å². The van der Waals surface area contributed by atoms with E-state index in [2.05, 4.69) is 16.6 Å². The van der Waals surface area contributed by atoms with Crippen molar-refractivity contribution in [2.75, 3.05) is 6.61 Å². The average Bonchev–Trinajstić information content (AvgIpc) is 2.60. The van der Waals surface area contributed by atoms with E-state index in [0.717, 1.165) is 11.3 Å². The van der Waals surface area contributed by atoms with E-state index in [0.29, 0.717) is 23.4 Å². The number of hydrazone groups is 1. The van der Waals surface area contributed by atoms with E-state index in [1.807, 2.05) is 6.92 Å². The molecule has 0 heterocycles. The van der Waals surface area contributed by atoms with Crippen LogP contribution in [0.5, 0.6) is 5.75 Å². The zero-order valence-electron chi connectivity index (χ0n) is 13.0. The molecule has 0 atom stereocenters. The van der Waals surface area contributed by atoms with Crippen LogP contribution in [0.15, 0.2) is 53.6 Å². The molecule has 5 heteroatoms. The number of hydrogen-bond donors (Lipinski definition) is 1. The third kappa shape index (κ3) is 4.42. The molecule has 0 saturated heterocycles. The first-order valence-electron chi connectivity index (χ1n) is 7.22. The standard InChI is InChI=1S/C18H17N3O2/c1-3-23-17-10-8-16(9-11-17)18(22)21-20-13(2)15-6-4-14(12-19)5-7-15/h4-11H,3H2,1-2H3,(H,21,22)/b20-13+. The SMILES string of the molecule is CCOc1ccc(C(=O)N/N=C(\C)c2ccc(C#N)cc2)cc1. The molecule has 2 rings (SSSR count). The maximum atomic E-state index is 12.0. The lowest BCUT2D eigenvalue weighted by molar-refractivity contribution is 0.0955. The predicted molar refractivity (Wildman–Crippen MR) is 88.4 cm³/mol. The second-order valence-electron chi connectivity index (χ2n) is 4.78. The third-order valence-electron chi connectivity index (χ3n) is 3.18. The molecule has 0 spiro atoms. The number of nitrogens with one attached hydrogen (secondary N) is 1. The van der Waals surface area contributed by atoms with Gasteiger partial charge in [0.2, 0.25) is 0 Å². The van der Waals surface area contributed by atoms with Crippen molar-refractivity contribution < 1.29 is 9.53 Å². The first kappa shape index (κ1) is 16.2. The van der Waals surface area contributed by atoms with Crippen LogP contribution < -0.4 is 10.2 Å². The summed E-state index contributed by atoms with van der Waals surface area (Å²) in [5, 5.41) is 12.9. The summed E-state index contributed by atoms with van der Waals surface area (Å²) in [6.45, 7) is 4.28. The maximum absolute atomic E-state index is 12.0. The molecule has 0 fully saturated rings. The highest BCUT2D eigenvalue weighted by Gasteiger charge is 2.05. The highest BCUT2D eigenvalue weighted by atomic mass is 16.5. The van der Waals surface area contributed by atoms with Gasteiger partial charge in [0.25, 0.3) is 5.91 Å². The minimum Gasteiger partial charge on any atom is -0.494 e. The van der Waals surface area contributed by atoms with Crippen LogP contribution in [0, 0.1) is 11.3 Å². The molecule has 1 N–H and O–H groups in total. The molecule has 0 aromatic heterocycles. The summed E-state index contributed by atoms with van der Waals surface area (Å²) in [6, 6.07) is 15.9. The van der Waals surface area contributed by atoms with Crippen molar-refractivity contribution in [2.45, 2.75) is 13.8 Å². The zero-order chi connectivity index (χ0) is 16.7. The molecule has 2 aromatic carbocycles. The van der Waals surface area contributed by atoms with Gasteiger partial charge in [-0.1, -0.05) is 12.1 Å². The summed E-state index contributed by atoms with van der Waals surface area (Å²) in [6.07, 6.45) is 0. The van der Waals surface area contributed by atoms with E-state index < -0.39 is 0 Å². The number of carbonyl (C=O) groups excluding carboxylic acids is 1. The Balaban J connectivity index is 2.02. The lowest BCUT2D eigenvalue weighted by atomic mass is 10.1. The molecule has 5 nitrogen and oxygen atoms in total. The van der Waals surface area contributed by atoms with E-state index in [1.54, 1.807) is 55.5 Å². The van der Waals surface area contributed by atoms with E-state index in [4.69, 9.17) is 10.00 Å². The smallest absolute Gasteiger partial charge is 0.271 e. The van der Waals surface area contributed by atoms with Gasteiger partial charge >= 0.3 is 0 Å². The van der Waals surface area contributed by atoms with E-state index in [1.165, 1.54) is 0 Å². The normalized spacial score (nSPS) is 10.7. The number of carbonyl (C=O) groups is 1. The molecule has 0 aliphatic carbocycles. The van der Waals surface area contributed by atoms with Crippen LogP contribution in [0.4, 0.5) is 0 Å². The van der Waals surface area contributed by atoms with Gasteiger partial charge in [0.05, 0.1) is 24.0 Å². The Morgan fingerprint density at radius 3 is 2.30 bits per heavy atom. The molecule has 0 unspecified atom stereocenters. The molecule has 2 aromatic rings. The zero-order valence-corrected chi connectivity index (χ0v) is 13.0. The summed E-state index contributed by atoms with van der Waals surface area (Å²) in [5.41, 5.74) is 5.11. The number of hydrogen-bond acceptors (Lipinski definition) is 4. The van der Waals surface area contributed by atoms with Crippen molar-refractivity contribution in [3.63, 3.8) is 0 Å². The number of nitriles is 1. The Morgan fingerprint density at radius 1 is 1.13 bits per heavy atom. The maximum Gasteiger partial charge on any atom is 0.271 e. The van der Waals surface area contributed by atoms with Gasteiger partial charge < -0.3 is 4.74 Å². The Morgan fingerprint density at radius 2 is 1.74 bits per heavy atom.